The van der Waals surface area contributed by atoms with Crippen molar-refractivity contribution in [3.8, 4) is 0 Å². The lowest BCUT2D eigenvalue weighted by Crippen LogP contribution is -2.20. The summed E-state index contributed by atoms with van der Waals surface area (Å²) in [5, 5.41) is 15.6. The Morgan fingerprint density at radius 2 is 1.67 bits per heavy atom. The number of aliphatic carboxylic acids is 2. The van der Waals surface area contributed by atoms with Crippen LogP contribution in [-0.4, -0.2) is 33.0 Å². The fraction of sp³-hybridized carbons (Fsp3) is 0. The molecule has 0 aromatic carbocycles. The number of nitrogens with two attached hydrogens (primary N) is 1. The molecule has 1 amide bonds. The number of carboxylic acid groups (broad SMARTS) is 2. The van der Waals surface area contributed by atoms with E-state index >= 15 is 0 Å². The fourth-order valence-electron chi connectivity index (χ4n) is 0.751. The average molecular weight is 254 g/mol. The standard InChI is InChI=1S/C6H6N2O2.C4H4O4/c7-6(10)4-3-8-2-1-5(4)9;5-3(6)1-2-4(7)8/h1-3H,(H2,7,10)(H,8,9);1-2H,(H,5,6)(H,7,8)/b;2-1-. The summed E-state index contributed by atoms with van der Waals surface area (Å²) in [6, 6.07) is 1.25. The molecule has 0 aliphatic heterocycles. The zero-order valence-electron chi connectivity index (χ0n) is 8.99. The second-order valence-electron chi connectivity index (χ2n) is 2.80. The molecule has 0 unspecified atom stereocenters. The molecule has 8 heteroatoms. The second kappa shape index (κ2) is 7.39. The first kappa shape index (κ1) is 15.1. The number of hydrogen-bond donors (Lipinski definition) is 4. The van der Waals surface area contributed by atoms with E-state index in [1.807, 2.05) is 0 Å². The molecular formula is C10H10N2O6. The maximum absolute atomic E-state index is 10.7. The van der Waals surface area contributed by atoms with Crippen molar-refractivity contribution >= 4 is 17.8 Å². The Morgan fingerprint density at radius 1 is 1.17 bits per heavy atom. The van der Waals surface area contributed by atoms with Crippen LogP contribution in [0.4, 0.5) is 0 Å². The van der Waals surface area contributed by atoms with Crippen LogP contribution in [0.2, 0.25) is 0 Å². The Balaban J connectivity index is 0.000000331. The van der Waals surface area contributed by atoms with Crippen molar-refractivity contribution in [2.24, 2.45) is 5.73 Å². The molecule has 1 aromatic rings. The van der Waals surface area contributed by atoms with Crippen molar-refractivity contribution in [2.45, 2.75) is 0 Å². The maximum atomic E-state index is 10.7. The summed E-state index contributed by atoms with van der Waals surface area (Å²) >= 11 is 0. The number of aromatic nitrogens is 1. The van der Waals surface area contributed by atoms with E-state index in [4.69, 9.17) is 15.9 Å². The molecule has 8 nitrogen and oxygen atoms in total. The average Bonchev–Trinajstić information content (AvgIpc) is 2.27. The third-order valence-electron chi connectivity index (χ3n) is 1.46. The number of rotatable bonds is 3. The number of carboxylic acids is 2. The van der Waals surface area contributed by atoms with Crippen LogP contribution in [0.3, 0.4) is 0 Å². The van der Waals surface area contributed by atoms with Gasteiger partial charge in [-0.15, -0.1) is 0 Å². The fourth-order valence-corrected chi connectivity index (χ4v) is 0.751. The molecule has 0 atom stereocenters. The summed E-state index contributed by atoms with van der Waals surface area (Å²) in [5.41, 5.74) is 4.49. The topological polar surface area (TPSA) is 151 Å². The largest absolute Gasteiger partial charge is 0.478 e. The SMILES string of the molecule is NC(=O)c1c[nH]ccc1=O.O=C(O)/C=C\C(=O)O. The summed E-state index contributed by atoms with van der Waals surface area (Å²) in [5.74, 6) is -3.22. The van der Waals surface area contributed by atoms with E-state index in [1.165, 1.54) is 18.5 Å². The van der Waals surface area contributed by atoms with Gasteiger partial charge in [-0.1, -0.05) is 0 Å². The molecule has 0 bridgehead atoms. The minimum atomic E-state index is -1.26. The summed E-state index contributed by atoms with van der Waals surface area (Å²) < 4.78 is 0. The summed E-state index contributed by atoms with van der Waals surface area (Å²) in [6.07, 6.45) is 3.84. The number of aromatic amines is 1. The van der Waals surface area contributed by atoms with E-state index < -0.39 is 17.8 Å². The highest BCUT2D eigenvalue weighted by Gasteiger charge is 2.02. The van der Waals surface area contributed by atoms with Gasteiger partial charge in [-0.2, -0.15) is 0 Å². The van der Waals surface area contributed by atoms with E-state index in [9.17, 15) is 19.2 Å². The molecule has 0 radical (unpaired) electrons. The van der Waals surface area contributed by atoms with Crippen LogP contribution in [0.5, 0.6) is 0 Å². The predicted octanol–water partition coefficient (Wildman–Crippen LogP) is -0.814. The molecule has 1 rings (SSSR count). The number of carbonyl (C=O) groups is 3. The quantitative estimate of drug-likeness (QED) is 0.517. The molecule has 0 spiro atoms. The van der Waals surface area contributed by atoms with Gasteiger partial charge in [0.05, 0.1) is 0 Å². The Bertz CT molecular complexity index is 515. The van der Waals surface area contributed by atoms with Gasteiger partial charge in [0.1, 0.15) is 5.56 Å². The minimum Gasteiger partial charge on any atom is -0.478 e. The van der Waals surface area contributed by atoms with Crippen LogP contribution in [0.25, 0.3) is 0 Å². The maximum Gasteiger partial charge on any atom is 0.328 e. The van der Waals surface area contributed by atoms with Crippen molar-refractivity contribution in [1.82, 2.24) is 4.98 Å². The Morgan fingerprint density at radius 3 is 1.94 bits per heavy atom. The van der Waals surface area contributed by atoms with Crippen molar-refractivity contribution in [3.05, 3.63) is 46.4 Å². The van der Waals surface area contributed by atoms with Crippen LogP contribution in [0.1, 0.15) is 10.4 Å². The van der Waals surface area contributed by atoms with Gasteiger partial charge in [0.2, 0.25) is 0 Å². The third-order valence-corrected chi connectivity index (χ3v) is 1.46. The van der Waals surface area contributed by atoms with Gasteiger partial charge in [0.15, 0.2) is 5.43 Å². The van der Waals surface area contributed by atoms with Crippen molar-refractivity contribution in [2.75, 3.05) is 0 Å². The first-order chi connectivity index (χ1) is 8.34. The van der Waals surface area contributed by atoms with Crippen LogP contribution in [-0.2, 0) is 9.59 Å². The number of nitrogens with one attached hydrogen (secondary N) is 1. The highest BCUT2D eigenvalue weighted by atomic mass is 16.4. The monoisotopic (exact) mass is 254 g/mol. The minimum absolute atomic E-state index is 0.0116. The van der Waals surface area contributed by atoms with Gasteiger partial charge < -0.3 is 20.9 Å². The smallest absolute Gasteiger partial charge is 0.328 e. The van der Waals surface area contributed by atoms with Crippen LogP contribution < -0.4 is 11.2 Å². The van der Waals surface area contributed by atoms with E-state index in [0.29, 0.717) is 12.2 Å². The van der Waals surface area contributed by atoms with Gasteiger partial charge in [0, 0.05) is 30.6 Å². The van der Waals surface area contributed by atoms with E-state index in [2.05, 4.69) is 4.98 Å². The first-order valence-corrected chi connectivity index (χ1v) is 4.45. The number of hydrogen-bond acceptors (Lipinski definition) is 4. The first-order valence-electron chi connectivity index (χ1n) is 4.45. The van der Waals surface area contributed by atoms with Crippen molar-refractivity contribution in [1.29, 1.82) is 0 Å². The lowest BCUT2D eigenvalue weighted by Gasteiger charge is -1.89. The van der Waals surface area contributed by atoms with E-state index in [0.717, 1.165) is 0 Å². The molecule has 1 heterocycles. The number of H-pyrrole nitrogens is 1. The van der Waals surface area contributed by atoms with Crippen LogP contribution in [0, 0.1) is 0 Å². The zero-order valence-corrected chi connectivity index (χ0v) is 8.99. The number of carbonyl (C=O) groups excluding carboxylic acids is 1. The molecule has 96 valence electrons. The molecule has 0 saturated heterocycles. The molecule has 5 N–H and O–H groups in total. The number of pyridine rings is 1. The summed E-state index contributed by atoms with van der Waals surface area (Å²) in [7, 11) is 0. The normalized spacial score (nSPS) is 9.33. The van der Waals surface area contributed by atoms with Crippen LogP contribution in [0.15, 0.2) is 35.4 Å². The van der Waals surface area contributed by atoms with Crippen molar-refractivity contribution in [3.63, 3.8) is 0 Å². The Hall–Kier alpha value is -2.90. The highest BCUT2D eigenvalue weighted by Crippen LogP contribution is 1.83. The van der Waals surface area contributed by atoms with Gasteiger partial charge in [-0.25, -0.2) is 9.59 Å². The second-order valence-corrected chi connectivity index (χ2v) is 2.80. The van der Waals surface area contributed by atoms with Gasteiger partial charge in [-0.05, 0) is 0 Å². The van der Waals surface area contributed by atoms with Crippen molar-refractivity contribution < 1.29 is 24.6 Å². The number of primary amides is 1. The molecule has 0 fully saturated rings. The van der Waals surface area contributed by atoms with Crippen LogP contribution >= 0.6 is 0 Å². The lowest BCUT2D eigenvalue weighted by atomic mass is 10.3. The Kier molecular flexibility index (Phi) is 6.20. The molecule has 0 saturated carbocycles. The molecule has 0 aliphatic carbocycles. The summed E-state index contributed by atoms with van der Waals surface area (Å²) in [4.78, 5) is 42.9. The molecule has 0 aliphatic rings. The van der Waals surface area contributed by atoms with E-state index in [-0.39, 0.29) is 11.0 Å². The molecule has 1 aromatic heterocycles. The third kappa shape index (κ3) is 6.56. The number of amides is 1. The molecular weight excluding hydrogens is 244 g/mol. The Labute approximate surface area is 100 Å². The molecule has 18 heavy (non-hydrogen) atoms. The predicted molar refractivity (Wildman–Crippen MR) is 60.0 cm³/mol. The van der Waals surface area contributed by atoms with Gasteiger partial charge in [0.25, 0.3) is 5.91 Å². The summed E-state index contributed by atoms with van der Waals surface area (Å²) in [6.45, 7) is 0. The van der Waals surface area contributed by atoms with Gasteiger partial charge in [-0.3, -0.25) is 9.59 Å². The van der Waals surface area contributed by atoms with Gasteiger partial charge >= 0.3 is 11.9 Å². The lowest BCUT2D eigenvalue weighted by molar-refractivity contribution is -0.134. The zero-order chi connectivity index (χ0) is 14.1. The van der Waals surface area contributed by atoms with E-state index in [1.54, 1.807) is 0 Å². The highest BCUT2D eigenvalue weighted by molar-refractivity contribution is 5.92.